The standard InChI is InChI=1S/C12H15N3S/c1-3-9-11(8-13-2)16-12(15-9)10-6-4-5-7-14-10/h4-7,13H,3,8H2,1-2H3. The van der Waals surface area contributed by atoms with Gasteiger partial charge in [-0.05, 0) is 25.6 Å². The molecular formula is C12H15N3S. The van der Waals surface area contributed by atoms with E-state index in [1.54, 1.807) is 17.5 Å². The molecule has 0 saturated heterocycles. The van der Waals surface area contributed by atoms with Crippen LogP contribution in [0.4, 0.5) is 0 Å². The zero-order chi connectivity index (χ0) is 11.4. The van der Waals surface area contributed by atoms with Crippen LogP contribution in [0.15, 0.2) is 24.4 Å². The Hall–Kier alpha value is -1.26. The van der Waals surface area contributed by atoms with E-state index in [0.29, 0.717) is 0 Å². The summed E-state index contributed by atoms with van der Waals surface area (Å²) < 4.78 is 0. The predicted octanol–water partition coefficient (Wildman–Crippen LogP) is 2.49. The number of pyridine rings is 1. The Kier molecular flexibility index (Phi) is 3.64. The molecule has 4 heteroatoms. The molecule has 0 aliphatic rings. The fraction of sp³-hybridized carbons (Fsp3) is 0.333. The van der Waals surface area contributed by atoms with E-state index in [1.165, 1.54) is 10.6 Å². The summed E-state index contributed by atoms with van der Waals surface area (Å²) in [5.41, 5.74) is 2.14. The molecule has 0 amide bonds. The van der Waals surface area contributed by atoms with Crippen molar-refractivity contribution >= 4 is 11.3 Å². The number of hydrogen-bond donors (Lipinski definition) is 1. The Morgan fingerprint density at radius 1 is 1.38 bits per heavy atom. The van der Waals surface area contributed by atoms with E-state index < -0.39 is 0 Å². The molecule has 2 rings (SSSR count). The number of nitrogens with one attached hydrogen (secondary N) is 1. The molecule has 1 N–H and O–H groups in total. The quantitative estimate of drug-likeness (QED) is 0.881. The van der Waals surface area contributed by atoms with Gasteiger partial charge < -0.3 is 5.32 Å². The second kappa shape index (κ2) is 5.18. The number of hydrogen-bond acceptors (Lipinski definition) is 4. The second-order valence-electron chi connectivity index (χ2n) is 3.49. The van der Waals surface area contributed by atoms with Gasteiger partial charge in [0.2, 0.25) is 0 Å². The average Bonchev–Trinajstić information content (AvgIpc) is 2.74. The van der Waals surface area contributed by atoms with Crippen LogP contribution in [0, 0.1) is 0 Å². The molecule has 0 bridgehead atoms. The highest BCUT2D eigenvalue weighted by atomic mass is 32.1. The zero-order valence-electron chi connectivity index (χ0n) is 9.53. The van der Waals surface area contributed by atoms with Gasteiger partial charge in [-0.3, -0.25) is 4.98 Å². The van der Waals surface area contributed by atoms with Crippen LogP contribution in [0.25, 0.3) is 10.7 Å². The van der Waals surface area contributed by atoms with Crippen LogP contribution in [0.3, 0.4) is 0 Å². The van der Waals surface area contributed by atoms with Crippen molar-refractivity contribution in [2.45, 2.75) is 19.9 Å². The van der Waals surface area contributed by atoms with E-state index >= 15 is 0 Å². The summed E-state index contributed by atoms with van der Waals surface area (Å²) in [6.45, 7) is 3.02. The van der Waals surface area contributed by atoms with Gasteiger partial charge in [0.05, 0.1) is 11.4 Å². The minimum atomic E-state index is 0.883. The molecule has 0 spiro atoms. The van der Waals surface area contributed by atoms with Crippen molar-refractivity contribution < 1.29 is 0 Å². The number of nitrogens with zero attached hydrogens (tertiary/aromatic N) is 2. The van der Waals surface area contributed by atoms with Crippen LogP contribution >= 0.6 is 11.3 Å². The van der Waals surface area contributed by atoms with E-state index in [1.807, 2.05) is 25.2 Å². The highest BCUT2D eigenvalue weighted by Gasteiger charge is 2.10. The Morgan fingerprint density at radius 2 is 2.25 bits per heavy atom. The van der Waals surface area contributed by atoms with E-state index in [-0.39, 0.29) is 0 Å². The maximum absolute atomic E-state index is 4.63. The predicted molar refractivity (Wildman–Crippen MR) is 67.5 cm³/mol. The molecule has 3 nitrogen and oxygen atoms in total. The zero-order valence-corrected chi connectivity index (χ0v) is 10.3. The molecule has 16 heavy (non-hydrogen) atoms. The van der Waals surface area contributed by atoms with Gasteiger partial charge in [0.1, 0.15) is 5.01 Å². The molecule has 0 aliphatic carbocycles. The highest BCUT2D eigenvalue weighted by molar-refractivity contribution is 7.15. The third-order valence-electron chi connectivity index (χ3n) is 2.33. The minimum absolute atomic E-state index is 0.883. The molecule has 0 aromatic carbocycles. The molecule has 0 radical (unpaired) electrons. The summed E-state index contributed by atoms with van der Waals surface area (Å²) in [5, 5.41) is 4.19. The fourth-order valence-electron chi connectivity index (χ4n) is 1.56. The van der Waals surface area contributed by atoms with Gasteiger partial charge in [0.25, 0.3) is 0 Å². The first-order valence-electron chi connectivity index (χ1n) is 5.39. The van der Waals surface area contributed by atoms with E-state index in [0.717, 1.165) is 23.7 Å². The third-order valence-corrected chi connectivity index (χ3v) is 3.45. The first-order valence-corrected chi connectivity index (χ1v) is 6.21. The van der Waals surface area contributed by atoms with Crippen molar-refractivity contribution in [3.05, 3.63) is 35.0 Å². The van der Waals surface area contributed by atoms with Gasteiger partial charge in [0, 0.05) is 17.6 Å². The van der Waals surface area contributed by atoms with Crippen molar-refractivity contribution in [1.82, 2.24) is 15.3 Å². The highest BCUT2D eigenvalue weighted by Crippen LogP contribution is 2.26. The lowest BCUT2D eigenvalue weighted by atomic mass is 10.3. The fourth-order valence-corrected chi connectivity index (χ4v) is 2.70. The van der Waals surface area contributed by atoms with Crippen LogP contribution in [0.2, 0.25) is 0 Å². The van der Waals surface area contributed by atoms with Crippen LogP contribution in [0.1, 0.15) is 17.5 Å². The van der Waals surface area contributed by atoms with Crippen molar-refractivity contribution in [3.8, 4) is 10.7 Å². The van der Waals surface area contributed by atoms with Crippen molar-refractivity contribution in [3.63, 3.8) is 0 Å². The van der Waals surface area contributed by atoms with E-state index in [9.17, 15) is 0 Å². The van der Waals surface area contributed by atoms with Crippen molar-refractivity contribution in [1.29, 1.82) is 0 Å². The molecule has 2 heterocycles. The molecular weight excluding hydrogens is 218 g/mol. The maximum Gasteiger partial charge on any atom is 0.142 e. The SMILES string of the molecule is CCc1nc(-c2ccccn2)sc1CNC. The van der Waals surface area contributed by atoms with Crippen LogP contribution in [0.5, 0.6) is 0 Å². The molecule has 2 aromatic heterocycles. The van der Waals surface area contributed by atoms with E-state index in [2.05, 4.69) is 22.2 Å². The van der Waals surface area contributed by atoms with Gasteiger partial charge in [-0.15, -0.1) is 11.3 Å². The Labute approximate surface area is 99.6 Å². The van der Waals surface area contributed by atoms with Gasteiger partial charge in [-0.1, -0.05) is 13.0 Å². The molecule has 0 aliphatic heterocycles. The van der Waals surface area contributed by atoms with Crippen LogP contribution in [-0.4, -0.2) is 17.0 Å². The first-order chi connectivity index (χ1) is 7.85. The molecule has 0 atom stereocenters. The molecule has 0 unspecified atom stereocenters. The lowest BCUT2D eigenvalue weighted by Gasteiger charge is -1.96. The summed E-state index contributed by atoms with van der Waals surface area (Å²) >= 11 is 1.73. The Balaban J connectivity index is 2.36. The smallest absolute Gasteiger partial charge is 0.142 e. The summed E-state index contributed by atoms with van der Waals surface area (Å²) in [6.07, 6.45) is 2.78. The minimum Gasteiger partial charge on any atom is -0.315 e. The molecule has 84 valence electrons. The Bertz CT molecular complexity index is 451. The second-order valence-corrected chi connectivity index (χ2v) is 4.57. The normalized spacial score (nSPS) is 10.6. The van der Waals surface area contributed by atoms with Crippen molar-refractivity contribution in [2.75, 3.05) is 7.05 Å². The lowest BCUT2D eigenvalue weighted by Crippen LogP contribution is -2.05. The summed E-state index contributed by atoms with van der Waals surface area (Å²) in [6, 6.07) is 5.92. The number of aryl methyl sites for hydroxylation is 1. The third kappa shape index (κ3) is 2.28. The molecule has 0 saturated carbocycles. The van der Waals surface area contributed by atoms with Crippen LogP contribution in [-0.2, 0) is 13.0 Å². The number of aromatic nitrogens is 2. The van der Waals surface area contributed by atoms with E-state index in [4.69, 9.17) is 0 Å². The first kappa shape index (κ1) is 11.2. The monoisotopic (exact) mass is 233 g/mol. The lowest BCUT2D eigenvalue weighted by molar-refractivity contribution is 0.814. The number of thiazole rings is 1. The largest absolute Gasteiger partial charge is 0.315 e. The summed E-state index contributed by atoms with van der Waals surface area (Å²) in [4.78, 5) is 10.3. The number of rotatable bonds is 4. The van der Waals surface area contributed by atoms with Gasteiger partial charge in [0.15, 0.2) is 0 Å². The van der Waals surface area contributed by atoms with Gasteiger partial charge >= 0.3 is 0 Å². The Morgan fingerprint density at radius 3 is 2.88 bits per heavy atom. The summed E-state index contributed by atoms with van der Waals surface area (Å²) in [7, 11) is 1.96. The van der Waals surface area contributed by atoms with Gasteiger partial charge in [-0.25, -0.2) is 4.98 Å². The maximum atomic E-state index is 4.63. The molecule has 0 fully saturated rings. The van der Waals surface area contributed by atoms with Gasteiger partial charge in [-0.2, -0.15) is 0 Å². The van der Waals surface area contributed by atoms with Crippen LogP contribution < -0.4 is 5.32 Å². The summed E-state index contributed by atoms with van der Waals surface area (Å²) in [5.74, 6) is 0. The average molecular weight is 233 g/mol. The topological polar surface area (TPSA) is 37.8 Å². The van der Waals surface area contributed by atoms with Crippen molar-refractivity contribution in [2.24, 2.45) is 0 Å². The molecule has 2 aromatic rings.